The number of aromatic nitrogens is 3. The van der Waals surface area contributed by atoms with Crippen LogP contribution in [0.25, 0.3) is 0 Å². The fourth-order valence-corrected chi connectivity index (χ4v) is 2.08. The lowest BCUT2D eigenvalue weighted by Gasteiger charge is -2.31. The third-order valence-corrected chi connectivity index (χ3v) is 3.11. The molecule has 0 aromatic carbocycles. The molecule has 20 heavy (non-hydrogen) atoms. The van der Waals surface area contributed by atoms with Gasteiger partial charge in [0.2, 0.25) is 0 Å². The van der Waals surface area contributed by atoms with E-state index in [9.17, 15) is 0 Å². The highest BCUT2D eigenvalue weighted by atomic mass is 15.2. The molecule has 0 fully saturated rings. The van der Waals surface area contributed by atoms with E-state index in [0.29, 0.717) is 5.56 Å². The summed E-state index contributed by atoms with van der Waals surface area (Å²) in [7, 11) is 1.91. The van der Waals surface area contributed by atoms with Crippen molar-refractivity contribution in [2.45, 2.75) is 26.8 Å². The summed E-state index contributed by atoms with van der Waals surface area (Å²) in [5.41, 5.74) is 1.69. The minimum absolute atomic E-state index is 0.0125. The van der Waals surface area contributed by atoms with Crippen LogP contribution >= 0.6 is 0 Å². The average molecular weight is 269 g/mol. The van der Waals surface area contributed by atoms with E-state index < -0.39 is 0 Å². The van der Waals surface area contributed by atoms with E-state index in [1.165, 1.54) is 0 Å². The van der Waals surface area contributed by atoms with Gasteiger partial charge in [-0.3, -0.25) is 4.68 Å². The number of nitrogens with one attached hydrogen (secondary N) is 1. The zero-order valence-corrected chi connectivity index (χ0v) is 12.3. The molecule has 104 valence electrons. The van der Waals surface area contributed by atoms with E-state index in [1.54, 1.807) is 16.9 Å². The van der Waals surface area contributed by atoms with Crippen LogP contribution < -0.4 is 5.32 Å². The third-order valence-electron chi connectivity index (χ3n) is 3.11. The zero-order valence-electron chi connectivity index (χ0n) is 12.3. The van der Waals surface area contributed by atoms with Crippen LogP contribution in [0.15, 0.2) is 30.7 Å². The summed E-state index contributed by atoms with van der Waals surface area (Å²) in [5, 5.41) is 16.5. The molecule has 0 radical (unpaired) electrons. The molecule has 0 saturated carbocycles. The third kappa shape index (κ3) is 3.15. The Morgan fingerprint density at radius 3 is 2.50 bits per heavy atom. The van der Waals surface area contributed by atoms with E-state index in [2.05, 4.69) is 42.2 Å². The Kier molecular flexibility index (Phi) is 3.75. The molecule has 0 saturated heterocycles. The maximum absolute atomic E-state index is 8.80. The van der Waals surface area contributed by atoms with Crippen molar-refractivity contribution in [2.75, 3.05) is 5.32 Å². The van der Waals surface area contributed by atoms with E-state index >= 15 is 0 Å². The maximum Gasteiger partial charge on any atom is 0.126 e. The van der Waals surface area contributed by atoms with Gasteiger partial charge in [0.15, 0.2) is 0 Å². The fraction of sp³-hybridized carbons (Fsp3) is 0.400. The first-order valence-corrected chi connectivity index (χ1v) is 6.51. The van der Waals surface area contributed by atoms with Crippen molar-refractivity contribution in [2.24, 2.45) is 12.5 Å². The summed E-state index contributed by atoms with van der Waals surface area (Å²) < 4.78 is 1.79. The van der Waals surface area contributed by atoms with Crippen molar-refractivity contribution >= 4 is 5.82 Å². The minimum atomic E-state index is 0.0125. The van der Waals surface area contributed by atoms with Crippen molar-refractivity contribution < 1.29 is 0 Å². The highest BCUT2D eigenvalue weighted by Crippen LogP contribution is 2.35. The molecular weight excluding hydrogens is 250 g/mol. The smallest absolute Gasteiger partial charge is 0.126 e. The predicted octanol–water partition coefficient (Wildman–Crippen LogP) is 2.89. The lowest BCUT2D eigenvalue weighted by atomic mass is 9.83. The van der Waals surface area contributed by atoms with E-state index in [0.717, 1.165) is 11.4 Å². The molecule has 0 amide bonds. The van der Waals surface area contributed by atoms with Crippen molar-refractivity contribution in [3.05, 3.63) is 41.9 Å². The second-order valence-corrected chi connectivity index (χ2v) is 5.93. The highest BCUT2D eigenvalue weighted by Gasteiger charge is 2.27. The number of nitrogens with zero attached hydrogens (tertiary/aromatic N) is 4. The van der Waals surface area contributed by atoms with Crippen LogP contribution in [0.5, 0.6) is 0 Å². The van der Waals surface area contributed by atoms with Gasteiger partial charge in [0.25, 0.3) is 0 Å². The maximum atomic E-state index is 8.80. The van der Waals surface area contributed by atoms with Crippen LogP contribution in [-0.2, 0) is 7.05 Å². The second kappa shape index (κ2) is 5.33. The summed E-state index contributed by atoms with van der Waals surface area (Å²) in [4.78, 5) is 4.27. The average Bonchev–Trinajstić information content (AvgIpc) is 2.81. The molecule has 5 nitrogen and oxygen atoms in total. The number of anilines is 1. The van der Waals surface area contributed by atoms with Gasteiger partial charge in [-0.05, 0) is 17.5 Å². The molecule has 1 unspecified atom stereocenters. The molecule has 0 bridgehead atoms. The van der Waals surface area contributed by atoms with Crippen LogP contribution in [0.3, 0.4) is 0 Å². The molecule has 0 aliphatic rings. The quantitative estimate of drug-likeness (QED) is 0.930. The Morgan fingerprint density at radius 1 is 1.30 bits per heavy atom. The number of hydrogen-bond donors (Lipinski definition) is 1. The first kappa shape index (κ1) is 14.1. The second-order valence-electron chi connectivity index (χ2n) is 5.93. The van der Waals surface area contributed by atoms with Crippen molar-refractivity contribution in [3.63, 3.8) is 0 Å². The summed E-state index contributed by atoms with van der Waals surface area (Å²) in [6.45, 7) is 6.50. The van der Waals surface area contributed by atoms with Gasteiger partial charge in [0.1, 0.15) is 11.9 Å². The first-order valence-electron chi connectivity index (χ1n) is 6.51. The van der Waals surface area contributed by atoms with Crippen molar-refractivity contribution in [1.82, 2.24) is 14.8 Å². The number of pyridine rings is 1. The Balaban J connectivity index is 2.26. The Bertz CT molecular complexity index is 613. The lowest BCUT2D eigenvalue weighted by molar-refractivity contribution is 0.347. The van der Waals surface area contributed by atoms with Crippen LogP contribution in [0.4, 0.5) is 5.82 Å². The molecule has 0 aliphatic heterocycles. The van der Waals surface area contributed by atoms with Gasteiger partial charge in [-0.25, -0.2) is 4.98 Å². The van der Waals surface area contributed by atoms with Gasteiger partial charge in [-0.15, -0.1) is 0 Å². The Labute approximate surface area is 119 Å². The molecule has 2 aromatic heterocycles. The van der Waals surface area contributed by atoms with E-state index in [4.69, 9.17) is 5.26 Å². The van der Waals surface area contributed by atoms with Crippen LogP contribution in [-0.4, -0.2) is 14.8 Å². The first-order chi connectivity index (χ1) is 9.40. The number of nitriles is 1. The summed E-state index contributed by atoms with van der Waals surface area (Å²) in [6, 6.07) is 5.75. The van der Waals surface area contributed by atoms with Crippen LogP contribution in [0.2, 0.25) is 0 Å². The minimum Gasteiger partial charge on any atom is -0.363 e. The zero-order chi connectivity index (χ0) is 14.8. The molecule has 1 N–H and O–H groups in total. The molecular formula is C15H19N5. The van der Waals surface area contributed by atoms with Gasteiger partial charge < -0.3 is 5.32 Å². The monoisotopic (exact) mass is 269 g/mol. The highest BCUT2D eigenvalue weighted by molar-refractivity contribution is 5.41. The van der Waals surface area contributed by atoms with Gasteiger partial charge in [-0.2, -0.15) is 10.4 Å². The van der Waals surface area contributed by atoms with Gasteiger partial charge in [0, 0.05) is 25.0 Å². The number of rotatable bonds is 3. The summed E-state index contributed by atoms with van der Waals surface area (Å²) in [5.74, 6) is 0.757. The lowest BCUT2D eigenvalue weighted by Crippen LogP contribution is -2.25. The molecule has 2 aromatic rings. The number of hydrogen-bond acceptors (Lipinski definition) is 4. The van der Waals surface area contributed by atoms with Crippen LogP contribution in [0.1, 0.15) is 37.9 Å². The SMILES string of the molecule is Cn1cc(C(Nc2ccc(C#N)cn2)C(C)(C)C)cn1. The predicted molar refractivity (Wildman–Crippen MR) is 78.0 cm³/mol. The Morgan fingerprint density at radius 2 is 2.05 bits per heavy atom. The standard InChI is InChI=1S/C15H19N5/c1-15(2,3)14(12-9-18-20(4)10-12)19-13-6-5-11(7-16)8-17-13/h5-6,8-10,14H,1-4H3,(H,17,19). The fourth-order valence-electron chi connectivity index (χ4n) is 2.08. The molecule has 5 heteroatoms. The molecule has 2 rings (SSSR count). The Hall–Kier alpha value is -2.35. The van der Waals surface area contributed by atoms with E-state index in [1.807, 2.05) is 25.5 Å². The van der Waals surface area contributed by atoms with Crippen molar-refractivity contribution in [1.29, 1.82) is 5.26 Å². The normalized spacial score (nSPS) is 12.8. The van der Waals surface area contributed by atoms with Gasteiger partial charge >= 0.3 is 0 Å². The topological polar surface area (TPSA) is 66.5 Å². The van der Waals surface area contributed by atoms with Crippen LogP contribution in [0, 0.1) is 16.7 Å². The summed E-state index contributed by atoms with van der Waals surface area (Å²) in [6.07, 6.45) is 5.45. The van der Waals surface area contributed by atoms with Gasteiger partial charge in [0.05, 0.1) is 17.8 Å². The molecule has 2 heterocycles. The van der Waals surface area contributed by atoms with E-state index in [-0.39, 0.29) is 11.5 Å². The van der Waals surface area contributed by atoms with Gasteiger partial charge in [-0.1, -0.05) is 20.8 Å². The molecule has 1 atom stereocenters. The number of aryl methyl sites for hydroxylation is 1. The molecule has 0 spiro atoms. The largest absolute Gasteiger partial charge is 0.363 e. The van der Waals surface area contributed by atoms with Crippen molar-refractivity contribution in [3.8, 4) is 6.07 Å². The summed E-state index contributed by atoms with van der Waals surface area (Å²) >= 11 is 0. The molecule has 0 aliphatic carbocycles.